The van der Waals surface area contributed by atoms with Crippen LogP contribution in [-0.4, -0.2) is 30.2 Å². The molecule has 1 saturated heterocycles. The Bertz CT molecular complexity index is 391. The summed E-state index contributed by atoms with van der Waals surface area (Å²) in [5, 5.41) is 2.95. The molecule has 1 unspecified atom stereocenters. The Morgan fingerprint density at radius 2 is 2.35 bits per heavy atom. The fourth-order valence-corrected chi connectivity index (χ4v) is 1.83. The van der Waals surface area contributed by atoms with E-state index in [-0.39, 0.29) is 6.10 Å². The smallest absolute Gasteiger partial charge is 0.242 e. The van der Waals surface area contributed by atoms with Gasteiger partial charge in [-0.05, 0) is 19.8 Å². The molecule has 1 atom stereocenters. The lowest BCUT2D eigenvalue weighted by Gasteiger charge is -2.14. The van der Waals surface area contributed by atoms with Crippen LogP contribution in [0.3, 0.4) is 0 Å². The van der Waals surface area contributed by atoms with Gasteiger partial charge in [0.15, 0.2) is 11.6 Å². The molecule has 17 heavy (non-hydrogen) atoms. The van der Waals surface area contributed by atoms with Gasteiger partial charge in [-0.15, -0.1) is 0 Å². The molecular weight excluding hydrogens is 220 g/mol. The van der Waals surface area contributed by atoms with Crippen LogP contribution in [0.15, 0.2) is 0 Å². The Morgan fingerprint density at radius 1 is 1.53 bits per heavy atom. The van der Waals surface area contributed by atoms with Crippen molar-refractivity contribution in [2.45, 2.75) is 25.9 Å². The minimum atomic E-state index is -0.0399. The zero-order valence-corrected chi connectivity index (χ0v) is 10.2. The summed E-state index contributed by atoms with van der Waals surface area (Å²) >= 11 is 0. The predicted octanol–water partition coefficient (Wildman–Crippen LogP) is 1.35. The minimum absolute atomic E-state index is 0.0399. The van der Waals surface area contributed by atoms with Gasteiger partial charge in [-0.25, -0.2) is 4.98 Å². The van der Waals surface area contributed by atoms with Gasteiger partial charge in [-0.3, -0.25) is 0 Å². The molecule has 0 aromatic carbocycles. The molecule has 0 radical (unpaired) electrons. The first-order valence-electron chi connectivity index (χ1n) is 5.85. The molecule has 1 aromatic rings. The Morgan fingerprint density at radius 3 is 2.94 bits per heavy atom. The number of anilines is 2. The van der Waals surface area contributed by atoms with Gasteiger partial charge in [0.25, 0.3) is 0 Å². The van der Waals surface area contributed by atoms with Crippen molar-refractivity contribution in [3.05, 3.63) is 5.82 Å². The first kappa shape index (κ1) is 11.9. The molecule has 3 N–H and O–H groups in total. The van der Waals surface area contributed by atoms with Crippen molar-refractivity contribution in [3.63, 3.8) is 0 Å². The summed E-state index contributed by atoms with van der Waals surface area (Å²) in [5.74, 6) is 1.66. The fourth-order valence-electron chi connectivity index (χ4n) is 1.83. The monoisotopic (exact) mass is 238 g/mol. The lowest BCUT2D eigenvalue weighted by molar-refractivity contribution is 0.104. The van der Waals surface area contributed by atoms with E-state index in [0.29, 0.717) is 29.8 Å². The highest BCUT2D eigenvalue weighted by Gasteiger charge is 2.23. The van der Waals surface area contributed by atoms with E-state index in [2.05, 4.69) is 15.3 Å². The van der Waals surface area contributed by atoms with E-state index >= 15 is 0 Å². The Kier molecular flexibility index (Phi) is 3.63. The topological polar surface area (TPSA) is 82.3 Å². The lowest BCUT2D eigenvalue weighted by atomic mass is 10.2. The van der Waals surface area contributed by atoms with E-state index in [1.165, 1.54) is 0 Å². The number of nitrogen functional groups attached to an aromatic ring is 1. The van der Waals surface area contributed by atoms with E-state index in [9.17, 15) is 0 Å². The highest BCUT2D eigenvalue weighted by Crippen LogP contribution is 2.32. The predicted molar refractivity (Wildman–Crippen MR) is 65.1 cm³/mol. The highest BCUT2D eigenvalue weighted by molar-refractivity contribution is 5.66. The molecule has 0 amide bonds. The number of rotatable bonds is 4. The van der Waals surface area contributed by atoms with Crippen LogP contribution >= 0.6 is 0 Å². The van der Waals surface area contributed by atoms with Crippen LogP contribution in [0.2, 0.25) is 0 Å². The summed E-state index contributed by atoms with van der Waals surface area (Å²) in [4.78, 5) is 8.69. The van der Waals surface area contributed by atoms with Gasteiger partial charge in [0.2, 0.25) is 5.88 Å². The van der Waals surface area contributed by atoms with Gasteiger partial charge in [0, 0.05) is 13.7 Å². The number of nitrogens with zero attached hydrogens (tertiary/aromatic N) is 2. The van der Waals surface area contributed by atoms with E-state index in [0.717, 1.165) is 19.4 Å². The molecule has 1 fully saturated rings. The molecule has 1 aliphatic rings. The van der Waals surface area contributed by atoms with Gasteiger partial charge < -0.3 is 20.5 Å². The second kappa shape index (κ2) is 5.18. The molecule has 2 heterocycles. The van der Waals surface area contributed by atoms with Gasteiger partial charge in [-0.1, -0.05) is 0 Å². The molecule has 6 nitrogen and oxygen atoms in total. The van der Waals surface area contributed by atoms with Crippen LogP contribution in [0.1, 0.15) is 31.7 Å². The molecule has 6 heteroatoms. The van der Waals surface area contributed by atoms with Gasteiger partial charge in [0.05, 0.1) is 6.61 Å². The van der Waals surface area contributed by atoms with Crippen molar-refractivity contribution in [2.24, 2.45) is 0 Å². The Balaban J connectivity index is 2.35. The van der Waals surface area contributed by atoms with Crippen molar-refractivity contribution < 1.29 is 9.47 Å². The Hall–Kier alpha value is -1.56. The number of nitrogens with one attached hydrogen (secondary N) is 1. The van der Waals surface area contributed by atoms with Crippen molar-refractivity contribution >= 4 is 11.5 Å². The summed E-state index contributed by atoms with van der Waals surface area (Å²) < 4.78 is 11.0. The average molecular weight is 238 g/mol. The Labute approximate surface area is 101 Å². The maximum atomic E-state index is 5.89. The second-order valence-corrected chi connectivity index (χ2v) is 3.83. The van der Waals surface area contributed by atoms with Gasteiger partial charge in [0.1, 0.15) is 11.8 Å². The van der Waals surface area contributed by atoms with Crippen LogP contribution in [0.4, 0.5) is 11.5 Å². The van der Waals surface area contributed by atoms with Crippen LogP contribution in [0.25, 0.3) is 0 Å². The normalized spacial score (nSPS) is 19.3. The van der Waals surface area contributed by atoms with Crippen LogP contribution in [0, 0.1) is 0 Å². The zero-order chi connectivity index (χ0) is 12.3. The van der Waals surface area contributed by atoms with Crippen molar-refractivity contribution in [2.75, 3.05) is 31.3 Å². The largest absolute Gasteiger partial charge is 0.476 e. The number of nitrogens with two attached hydrogens (primary N) is 1. The van der Waals surface area contributed by atoms with Gasteiger partial charge >= 0.3 is 0 Å². The maximum absolute atomic E-state index is 5.89. The quantitative estimate of drug-likeness (QED) is 0.824. The fraction of sp³-hybridized carbons (Fsp3) is 0.636. The molecule has 94 valence electrons. The van der Waals surface area contributed by atoms with E-state index in [1.807, 2.05) is 6.92 Å². The zero-order valence-electron chi connectivity index (χ0n) is 10.2. The average Bonchev–Trinajstić information content (AvgIpc) is 2.85. The molecule has 0 bridgehead atoms. The lowest BCUT2D eigenvalue weighted by Crippen LogP contribution is -2.11. The number of ether oxygens (including phenoxy) is 2. The van der Waals surface area contributed by atoms with Crippen LogP contribution in [0.5, 0.6) is 5.88 Å². The third-order valence-electron chi connectivity index (χ3n) is 2.66. The first-order valence-corrected chi connectivity index (χ1v) is 5.85. The summed E-state index contributed by atoms with van der Waals surface area (Å²) in [6, 6.07) is 0. The van der Waals surface area contributed by atoms with E-state index < -0.39 is 0 Å². The standard InChI is InChI=1S/C11H18N4O2/c1-3-16-11-8(12)10(13-2)14-9(15-11)7-5-4-6-17-7/h7H,3-6,12H2,1-2H3,(H,13,14,15). The van der Waals surface area contributed by atoms with Crippen LogP contribution in [-0.2, 0) is 4.74 Å². The number of aromatic nitrogens is 2. The second-order valence-electron chi connectivity index (χ2n) is 3.83. The number of hydrogen-bond acceptors (Lipinski definition) is 6. The van der Waals surface area contributed by atoms with Crippen molar-refractivity contribution in [1.29, 1.82) is 0 Å². The SMILES string of the molecule is CCOc1nc(C2CCCO2)nc(NC)c1N. The molecule has 2 rings (SSSR count). The summed E-state index contributed by atoms with van der Waals surface area (Å²) in [6.07, 6.45) is 1.94. The minimum Gasteiger partial charge on any atom is -0.476 e. The summed E-state index contributed by atoms with van der Waals surface area (Å²) in [5.41, 5.74) is 6.33. The summed E-state index contributed by atoms with van der Waals surface area (Å²) in [7, 11) is 1.77. The molecule has 1 aromatic heterocycles. The van der Waals surface area contributed by atoms with Crippen LogP contribution < -0.4 is 15.8 Å². The maximum Gasteiger partial charge on any atom is 0.242 e. The third-order valence-corrected chi connectivity index (χ3v) is 2.66. The van der Waals surface area contributed by atoms with E-state index in [1.54, 1.807) is 7.05 Å². The highest BCUT2D eigenvalue weighted by atomic mass is 16.5. The number of hydrogen-bond donors (Lipinski definition) is 2. The molecule has 0 saturated carbocycles. The summed E-state index contributed by atoms with van der Waals surface area (Å²) in [6.45, 7) is 3.18. The molecule has 0 spiro atoms. The first-order chi connectivity index (χ1) is 8.26. The third kappa shape index (κ3) is 2.41. The van der Waals surface area contributed by atoms with Gasteiger partial charge in [-0.2, -0.15) is 4.98 Å². The van der Waals surface area contributed by atoms with E-state index in [4.69, 9.17) is 15.2 Å². The molecule has 0 aliphatic carbocycles. The molecular formula is C11H18N4O2. The molecule has 1 aliphatic heterocycles. The van der Waals surface area contributed by atoms with Crippen molar-refractivity contribution in [1.82, 2.24) is 9.97 Å². The van der Waals surface area contributed by atoms with Crippen molar-refractivity contribution in [3.8, 4) is 5.88 Å².